The Kier molecular flexibility index (Phi) is 5.04. The van der Waals surface area contributed by atoms with Crippen LogP contribution < -0.4 is 5.32 Å². The third-order valence-corrected chi connectivity index (χ3v) is 4.92. The van der Waals surface area contributed by atoms with Crippen LogP contribution in [-0.2, 0) is 14.4 Å². The van der Waals surface area contributed by atoms with Gasteiger partial charge in [0.2, 0.25) is 17.7 Å². The molecule has 0 spiro atoms. The lowest BCUT2D eigenvalue weighted by atomic mass is 10.1. The molecule has 2 heterocycles. The van der Waals surface area contributed by atoms with Crippen LogP contribution in [0.4, 0.5) is 0 Å². The molecule has 0 radical (unpaired) electrons. The Balaban J connectivity index is 2.03. The van der Waals surface area contributed by atoms with Crippen molar-refractivity contribution < 1.29 is 14.4 Å². The van der Waals surface area contributed by atoms with Crippen molar-refractivity contribution in [3.8, 4) is 0 Å². The number of thioether (sulfide) groups is 1. The van der Waals surface area contributed by atoms with Crippen LogP contribution in [0.3, 0.4) is 0 Å². The van der Waals surface area contributed by atoms with Crippen LogP contribution in [0.15, 0.2) is 0 Å². The number of hydrogen-bond acceptors (Lipinski definition) is 4. The molecule has 1 N–H and O–H groups in total. The fourth-order valence-corrected chi connectivity index (χ4v) is 3.97. The number of carbonyl (C=O) groups excluding carboxylic acids is 3. The molecular formula is C15H25N3O3S. The number of nitrogens with zero attached hydrogens (tertiary/aromatic N) is 2. The number of amides is 3. The lowest BCUT2D eigenvalue weighted by Gasteiger charge is -2.29. The zero-order valence-corrected chi connectivity index (χ0v) is 14.5. The van der Waals surface area contributed by atoms with Crippen LogP contribution in [0.25, 0.3) is 0 Å². The van der Waals surface area contributed by atoms with Crippen LogP contribution in [0.2, 0.25) is 0 Å². The number of rotatable bonds is 3. The highest BCUT2D eigenvalue weighted by atomic mass is 32.2. The zero-order valence-electron chi connectivity index (χ0n) is 13.7. The lowest BCUT2D eigenvalue weighted by Crippen LogP contribution is -2.53. The van der Waals surface area contributed by atoms with E-state index < -0.39 is 6.04 Å². The average Bonchev–Trinajstić information content (AvgIpc) is 3.02. The quantitative estimate of drug-likeness (QED) is 0.827. The maximum Gasteiger partial charge on any atom is 0.244 e. The van der Waals surface area contributed by atoms with Crippen LogP contribution in [-0.4, -0.2) is 63.8 Å². The molecule has 3 amide bonds. The molecule has 0 bridgehead atoms. The number of nitrogens with one attached hydrogen (secondary N) is 1. The van der Waals surface area contributed by atoms with Crippen molar-refractivity contribution in [2.75, 3.05) is 24.7 Å². The molecule has 7 heteroatoms. The number of hydrogen-bond donors (Lipinski definition) is 1. The van der Waals surface area contributed by atoms with Crippen molar-refractivity contribution in [2.24, 2.45) is 5.92 Å². The molecule has 2 aliphatic rings. The summed E-state index contributed by atoms with van der Waals surface area (Å²) in [7, 11) is 0. The van der Waals surface area contributed by atoms with Crippen LogP contribution in [0, 0.1) is 5.92 Å². The van der Waals surface area contributed by atoms with Gasteiger partial charge in [-0.15, -0.1) is 11.8 Å². The van der Waals surface area contributed by atoms with E-state index >= 15 is 0 Å². The fraction of sp³-hybridized carbons (Fsp3) is 0.800. The van der Waals surface area contributed by atoms with Gasteiger partial charge in [-0.3, -0.25) is 14.4 Å². The summed E-state index contributed by atoms with van der Waals surface area (Å²) in [4.78, 5) is 40.2. The molecule has 124 valence electrons. The van der Waals surface area contributed by atoms with Gasteiger partial charge >= 0.3 is 0 Å². The number of carbonyl (C=O) groups is 3. The monoisotopic (exact) mass is 327 g/mol. The minimum Gasteiger partial charge on any atom is -0.350 e. The highest BCUT2D eigenvalue weighted by Crippen LogP contribution is 2.27. The molecule has 2 rings (SSSR count). The van der Waals surface area contributed by atoms with E-state index in [1.54, 1.807) is 21.6 Å². The standard InChI is InChI=1S/C15H25N3O3S/c1-5-17-7-10(6-12(17)19)14(21)18-9-22-8-11(18)13(20)16-15(2,3)4/h10-11H,5-9H2,1-4H3,(H,16,20)/t10-,11+/m1/s1. The van der Waals surface area contributed by atoms with Gasteiger partial charge in [-0.1, -0.05) is 0 Å². The highest BCUT2D eigenvalue weighted by Gasteiger charge is 2.42. The molecule has 2 aliphatic heterocycles. The maximum absolute atomic E-state index is 12.7. The molecule has 0 aliphatic carbocycles. The Morgan fingerprint density at radius 2 is 2.05 bits per heavy atom. The maximum atomic E-state index is 12.7. The van der Waals surface area contributed by atoms with E-state index in [1.165, 1.54) is 0 Å². The van der Waals surface area contributed by atoms with Crippen molar-refractivity contribution in [3.05, 3.63) is 0 Å². The van der Waals surface area contributed by atoms with Gasteiger partial charge in [0.05, 0.1) is 11.8 Å². The topological polar surface area (TPSA) is 69.7 Å². The van der Waals surface area contributed by atoms with Crippen LogP contribution >= 0.6 is 11.8 Å². The van der Waals surface area contributed by atoms with Gasteiger partial charge < -0.3 is 15.1 Å². The van der Waals surface area contributed by atoms with Gasteiger partial charge in [0.25, 0.3) is 0 Å². The summed E-state index contributed by atoms with van der Waals surface area (Å²) in [6.45, 7) is 8.79. The van der Waals surface area contributed by atoms with Gasteiger partial charge in [-0.25, -0.2) is 0 Å². The first-order valence-electron chi connectivity index (χ1n) is 7.71. The molecule has 22 heavy (non-hydrogen) atoms. The zero-order chi connectivity index (χ0) is 16.5. The average molecular weight is 327 g/mol. The van der Waals surface area contributed by atoms with Crippen molar-refractivity contribution in [1.29, 1.82) is 0 Å². The van der Waals surface area contributed by atoms with Gasteiger partial charge in [-0.2, -0.15) is 0 Å². The second kappa shape index (κ2) is 6.48. The Hall–Kier alpha value is -1.24. The largest absolute Gasteiger partial charge is 0.350 e. The van der Waals surface area contributed by atoms with E-state index in [2.05, 4.69) is 5.32 Å². The molecule has 0 unspecified atom stereocenters. The summed E-state index contributed by atoms with van der Waals surface area (Å²) in [5, 5.41) is 2.94. The molecule has 2 saturated heterocycles. The third-order valence-electron chi connectivity index (χ3n) is 3.91. The van der Waals surface area contributed by atoms with Crippen molar-refractivity contribution >= 4 is 29.5 Å². The van der Waals surface area contributed by atoms with E-state index in [1.807, 2.05) is 27.7 Å². The Morgan fingerprint density at radius 3 is 2.59 bits per heavy atom. The van der Waals surface area contributed by atoms with Crippen molar-refractivity contribution in [3.63, 3.8) is 0 Å². The Bertz CT molecular complexity index is 475. The smallest absolute Gasteiger partial charge is 0.244 e. The summed E-state index contributed by atoms with van der Waals surface area (Å²) in [5.41, 5.74) is -0.318. The molecule has 2 atom stereocenters. The summed E-state index contributed by atoms with van der Waals surface area (Å²) in [6, 6.07) is -0.428. The van der Waals surface area contributed by atoms with Crippen molar-refractivity contribution in [1.82, 2.24) is 15.1 Å². The van der Waals surface area contributed by atoms with E-state index in [0.717, 1.165) is 0 Å². The summed E-state index contributed by atoms with van der Waals surface area (Å²) < 4.78 is 0. The summed E-state index contributed by atoms with van der Waals surface area (Å²) in [5.74, 6) is 0.689. The second-order valence-corrected chi connectivity index (χ2v) is 7.90. The molecule has 0 aromatic carbocycles. The Labute approximate surface area is 136 Å². The van der Waals surface area contributed by atoms with Gasteiger partial charge in [0, 0.05) is 30.8 Å². The lowest BCUT2D eigenvalue weighted by molar-refractivity contribution is -0.141. The van der Waals surface area contributed by atoms with Crippen LogP contribution in [0.1, 0.15) is 34.1 Å². The second-order valence-electron chi connectivity index (χ2n) is 6.90. The molecule has 0 saturated carbocycles. The predicted octanol–water partition coefficient (Wildman–Crippen LogP) is 0.671. The van der Waals surface area contributed by atoms with E-state index in [-0.39, 0.29) is 35.6 Å². The highest BCUT2D eigenvalue weighted by molar-refractivity contribution is 7.99. The minimum atomic E-state index is -0.428. The van der Waals surface area contributed by atoms with Gasteiger partial charge in [0.15, 0.2) is 0 Å². The van der Waals surface area contributed by atoms with E-state index in [4.69, 9.17) is 0 Å². The predicted molar refractivity (Wildman–Crippen MR) is 86.2 cm³/mol. The molecule has 0 aromatic heterocycles. The van der Waals surface area contributed by atoms with Crippen LogP contribution in [0.5, 0.6) is 0 Å². The van der Waals surface area contributed by atoms with Gasteiger partial charge in [-0.05, 0) is 27.7 Å². The van der Waals surface area contributed by atoms with E-state index in [0.29, 0.717) is 24.7 Å². The molecule has 0 aromatic rings. The normalized spacial score (nSPS) is 25.7. The summed E-state index contributed by atoms with van der Waals surface area (Å²) in [6.07, 6.45) is 0.265. The van der Waals surface area contributed by atoms with Crippen molar-refractivity contribution in [2.45, 2.75) is 45.7 Å². The molecule has 2 fully saturated rings. The van der Waals surface area contributed by atoms with E-state index in [9.17, 15) is 14.4 Å². The Morgan fingerprint density at radius 1 is 1.36 bits per heavy atom. The first-order chi connectivity index (χ1) is 10.2. The van der Waals surface area contributed by atoms with Gasteiger partial charge in [0.1, 0.15) is 6.04 Å². The summed E-state index contributed by atoms with van der Waals surface area (Å²) >= 11 is 1.58. The molecular weight excluding hydrogens is 302 g/mol. The minimum absolute atomic E-state index is 0.0309. The molecule has 6 nitrogen and oxygen atoms in total. The SMILES string of the molecule is CCN1C[C@H](C(=O)N2CSC[C@H]2C(=O)NC(C)(C)C)CC1=O. The third kappa shape index (κ3) is 3.74. The fourth-order valence-electron chi connectivity index (χ4n) is 2.81. The number of likely N-dealkylation sites (tertiary alicyclic amines) is 1. The first kappa shape index (κ1) is 17.1. The first-order valence-corrected chi connectivity index (χ1v) is 8.86.